The van der Waals surface area contributed by atoms with Crippen molar-refractivity contribution in [3.8, 4) is 23.6 Å². The zero-order valence-corrected chi connectivity index (χ0v) is 17.0. The Kier molecular flexibility index (Phi) is 6.81. The molecule has 0 unspecified atom stereocenters. The van der Waals surface area contributed by atoms with E-state index in [1.807, 2.05) is 12.1 Å². The molecule has 0 aromatic heterocycles. The van der Waals surface area contributed by atoms with E-state index in [4.69, 9.17) is 16.3 Å². The maximum Gasteiger partial charge on any atom is 0.271 e. The first-order chi connectivity index (χ1) is 15.4. The molecule has 0 atom stereocenters. The Bertz CT molecular complexity index is 1290. The molecule has 8 nitrogen and oxygen atoms in total. The molecule has 0 fully saturated rings. The predicted octanol–water partition coefficient (Wildman–Crippen LogP) is 5.46. The third-order valence-electron chi connectivity index (χ3n) is 4.18. The maximum atomic E-state index is 12.3. The Morgan fingerprint density at radius 1 is 1.06 bits per heavy atom. The van der Waals surface area contributed by atoms with Crippen molar-refractivity contribution in [3.05, 3.63) is 98.6 Å². The van der Waals surface area contributed by atoms with Gasteiger partial charge in [0.05, 0.1) is 4.92 Å². The summed E-state index contributed by atoms with van der Waals surface area (Å²) in [5.41, 5.74) is 0.782. The van der Waals surface area contributed by atoms with Crippen molar-refractivity contribution in [1.29, 1.82) is 10.5 Å². The van der Waals surface area contributed by atoms with Crippen LogP contribution in [0.3, 0.4) is 0 Å². The van der Waals surface area contributed by atoms with Gasteiger partial charge in [-0.25, -0.2) is 0 Å². The van der Waals surface area contributed by atoms with Gasteiger partial charge < -0.3 is 10.1 Å². The molecule has 0 aliphatic heterocycles. The van der Waals surface area contributed by atoms with E-state index in [9.17, 15) is 25.4 Å². The molecule has 0 spiro atoms. The van der Waals surface area contributed by atoms with Gasteiger partial charge in [-0.3, -0.25) is 14.9 Å². The number of nitriles is 2. The maximum absolute atomic E-state index is 12.3. The van der Waals surface area contributed by atoms with Crippen LogP contribution < -0.4 is 10.1 Å². The van der Waals surface area contributed by atoms with Crippen LogP contribution in [0.15, 0.2) is 72.3 Å². The van der Waals surface area contributed by atoms with Crippen LogP contribution in [0.5, 0.6) is 11.5 Å². The number of rotatable bonds is 6. The van der Waals surface area contributed by atoms with Crippen molar-refractivity contribution in [2.45, 2.75) is 0 Å². The number of hydrogen-bond acceptors (Lipinski definition) is 6. The van der Waals surface area contributed by atoms with Crippen molar-refractivity contribution in [1.82, 2.24) is 0 Å². The molecule has 9 heteroatoms. The second kappa shape index (κ2) is 9.90. The normalized spacial score (nSPS) is 10.5. The van der Waals surface area contributed by atoms with Crippen LogP contribution in [-0.4, -0.2) is 10.8 Å². The average molecular weight is 445 g/mol. The molecule has 0 saturated carbocycles. The highest BCUT2D eigenvalue weighted by Crippen LogP contribution is 2.28. The van der Waals surface area contributed by atoms with Crippen molar-refractivity contribution in [2.75, 3.05) is 5.32 Å². The summed E-state index contributed by atoms with van der Waals surface area (Å²) in [5, 5.41) is 32.5. The summed E-state index contributed by atoms with van der Waals surface area (Å²) in [5.74, 6) is -0.0298. The monoisotopic (exact) mass is 444 g/mol. The SMILES string of the molecule is N#C/C(=C\c1ccc(Oc2ccc([N+](=O)[O-])cc2C#N)cc1)C(=O)Nc1ccc(Cl)cc1. The minimum Gasteiger partial charge on any atom is -0.456 e. The Morgan fingerprint density at radius 2 is 1.75 bits per heavy atom. The Labute approximate surface area is 187 Å². The number of carbonyl (C=O) groups excluding carboxylic acids is 1. The summed E-state index contributed by atoms with van der Waals surface area (Å²) in [6, 6.07) is 20.3. The third-order valence-corrected chi connectivity index (χ3v) is 4.43. The largest absolute Gasteiger partial charge is 0.456 e. The Morgan fingerprint density at radius 3 is 2.34 bits per heavy atom. The van der Waals surface area contributed by atoms with E-state index in [1.165, 1.54) is 18.2 Å². The van der Waals surface area contributed by atoms with Gasteiger partial charge in [-0.05, 0) is 54.1 Å². The molecule has 156 valence electrons. The van der Waals surface area contributed by atoms with Crippen LogP contribution >= 0.6 is 11.6 Å². The Balaban J connectivity index is 1.74. The first-order valence-electron chi connectivity index (χ1n) is 9.05. The van der Waals surface area contributed by atoms with E-state index >= 15 is 0 Å². The highest BCUT2D eigenvalue weighted by atomic mass is 35.5. The van der Waals surface area contributed by atoms with Gasteiger partial charge in [0, 0.05) is 22.8 Å². The number of hydrogen-bond donors (Lipinski definition) is 1. The standard InChI is InChI=1S/C23H13ClN4O4/c24-18-3-5-19(6-4-18)27-23(29)17(14-26)11-15-1-8-21(9-2-15)32-22-10-7-20(28(30)31)12-16(22)13-25/h1-12H,(H,27,29)/b17-11+. The molecule has 0 heterocycles. The summed E-state index contributed by atoms with van der Waals surface area (Å²) in [7, 11) is 0. The predicted molar refractivity (Wildman–Crippen MR) is 118 cm³/mol. The van der Waals surface area contributed by atoms with Crippen LogP contribution in [0.2, 0.25) is 5.02 Å². The lowest BCUT2D eigenvalue weighted by Crippen LogP contribution is -2.13. The van der Waals surface area contributed by atoms with Crippen LogP contribution in [-0.2, 0) is 4.79 Å². The van der Waals surface area contributed by atoms with Crippen LogP contribution in [0.1, 0.15) is 11.1 Å². The smallest absolute Gasteiger partial charge is 0.271 e. The number of non-ortho nitro benzene ring substituents is 1. The number of nitro benzene ring substituents is 1. The molecule has 3 rings (SSSR count). The number of halogens is 1. The number of nitro groups is 1. The van der Waals surface area contributed by atoms with Gasteiger partial charge in [0.1, 0.15) is 34.8 Å². The zero-order chi connectivity index (χ0) is 23.1. The van der Waals surface area contributed by atoms with Crippen molar-refractivity contribution in [2.24, 2.45) is 0 Å². The summed E-state index contributed by atoms with van der Waals surface area (Å²) in [6.07, 6.45) is 1.42. The molecule has 3 aromatic carbocycles. The fraction of sp³-hybridized carbons (Fsp3) is 0. The van der Waals surface area contributed by atoms with E-state index in [0.717, 1.165) is 6.07 Å². The van der Waals surface area contributed by atoms with E-state index in [2.05, 4.69) is 5.32 Å². The van der Waals surface area contributed by atoms with Gasteiger partial charge in [-0.2, -0.15) is 10.5 Å². The second-order valence-electron chi connectivity index (χ2n) is 6.35. The molecule has 1 N–H and O–H groups in total. The molecule has 0 aliphatic carbocycles. The van der Waals surface area contributed by atoms with Gasteiger partial charge in [0.2, 0.25) is 0 Å². The van der Waals surface area contributed by atoms with Crippen molar-refractivity contribution >= 4 is 35.0 Å². The minimum absolute atomic E-state index is 0.0220. The van der Waals surface area contributed by atoms with E-state index < -0.39 is 10.8 Å². The first-order valence-corrected chi connectivity index (χ1v) is 9.42. The van der Waals surface area contributed by atoms with Gasteiger partial charge in [-0.15, -0.1) is 0 Å². The van der Waals surface area contributed by atoms with Crippen LogP contribution in [0.4, 0.5) is 11.4 Å². The van der Waals surface area contributed by atoms with Crippen molar-refractivity contribution in [3.63, 3.8) is 0 Å². The lowest BCUT2D eigenvalue weighted by atomic mass is 10.1. The molecule has 0 radical (unpaired) electrons. The molecule has 3 aromatic rings. The highest BCUT2D eigenvalue weighted by Gasteiger charge is 2.13. The summed E-state index contributed by atoms with van der Waals surface area (Å²) in [6.45, 7) is 0. The lowest BCUT2D eigenvalue weighted by Gasteiger charge is -2.08. The second-order valence-corrected chi connectivity index (χ2v) is 6.79. The van der Waals surface area contributed by atoms with Gasteiger partial charge in [0.15, 0.2) is 0 Å². The number of amides is 1. The molecule has 0 aliphatic rings. The Hall–Kier alpha value is -4.66. The number of ether oxygens (including phenoxy) is 1. The number of nitrogens with zero attached hydrogens (tertiary/aromatic N) is 3. The topological polar surface area (TPSA) is 129 Å². The molecule has 32 heavy (non-hydrogen) atoms. The fourth-order valence-corrected chi connectivity index (χ4v) is 2.74. The first kappa shape index (κ1) is 22.0. The lowest BCUT2D eigenvalue weighted by molar-refractivity contribution is -0.384. The van der Waals surface area contributed by atoms with Crippen LogP contribution in [0.25, 0.3) is 6.08 Å². The molecular formula is C23H13ClN4O4. The van der Waals surface area contributed by atoms with Gasteiger partial charge in [-0.1, -0.05) is 23.7 Å². The number of anilines is 1. The van der Waals surface area contributed by atoms with E-state index in [-0.39, 0.29) is 22.6 Å². The fourth-order valence-electron chi connectivity index (χ4n) is 2.61. The number of nitrogens with one attached hydrogen (secondary N) is 1. The summed E-state index contributed by atoms with van der Waals surface area (Å²) in [4.78, 5) is 22.6. The van der Waals surface area contributed by atoms with Crippen LogP contribution in [0, 0.1) is 32.8 Å². The molecule has 0 saturated heterocycles. The molecule has 1 amide bonds. The van der Waals surface area contributed by atoms with E-state index in [1.54, 1.807) is 48.5 Å². The summed E-state index contributed by atoms with van der Waals surface area (Å²) < 4.78 is 5.64. The molecule has 0 bridgehead atoms. The highest BCUT2D eigenvalue weighted by molar-refractivity contribution is 6.30. The van der Waals surface area contributed by atoms with Crippen molar-refractivity contribution < 1.29 is 14.5 Å². The summed E-state index contributed by atoms with van der Waals surface area (Å²) >= 11 is 5.82. The quantitative estimate of drug-likeness (QED) is 0.232. The van der Waals surface area contributed by atoms with Gasteiger partial charge in [0.25, 0.3) is 11.6 Å². The van der Waals surface area contributed by atoms with E-state index in [0.29, 0.717) is 22.0 Å². The minimum atomic E-state index is -0.596. The third kappa shape index (κ3) is 5.48. The number of carbonyl (C=O) groups is 1. The number of benzene rings is 3. The zero-order valence-electron chi connectivity index (χ0n) is 16.3. The van der Waals surface area contributed by atoms with Gasteiger partial charge >= 0.3 is 0 Å². The average Bonchev–Trinajstić information content (AvgIpc) is 2.80. The molecular weight excluding hydrogens is 432 g/mol.